The lowest BCUT2D eigenvalue weighted by Gasteiger charge is -2.32. The third-order valence-corrected chi connectivity index (χ3v) is 5.52. The van der Waals surface area contributed by atoms with Gasteiger partial charge in [0.2, 0.25) is 0 Å². The molecule has 2 nitrogen and oxygen atoms in total. The van der Waals surface area contributed by atoms with Crippen molar-refractivity contribution in [2.75, 3.05) is 6.54 Å². The molecule has 16 heavy (non-hydrogen) atoms. The van der Waals surface area contributed by atoms with Crippen molar-refractivity contribution in [3.8, 4) is 0 Å². The van der Waals surface area contributed by atoms with Gasteiger partial charge in [0.1, 0.15) is 0 Å². The fourth-order valence-corrected chi connectivity index (χ4v) is 3.74. The lowest BCUT2D eigenvalue weighted by atomic mass is 9.90. The molecule has 1 aliphatic carbocycles. The average molecular weight is 240 g/mol. The molecule has 0 aromatic carbocycles. The molecule has 1 unspecified atom stereocenters. The van der Waals surface area contributed by atoms with Gasteiger partial charge in [0.15, 0.2) is 5.17 Å². The first-order chi connectivity index (χ1) is 7.73. The van der Waals surface area contributed by atoms with Crippen molar-refractivity contribution in [2.24, 2.45) is 10.9 Å². The molecule has 1 heterocycles. The topological polar surface area (TPSA) is 24.4 Å². The summed E-state index contributed by atoms with van der Waals surface area (Å²) in [7, 11) is 0. The Morgan fingerprint density at radius 1 is 1.25 bits per heavy atom. The molecule has 1 N–H and O–H groups in total. The van der Waals surface area contributed by atoms with Gasteiger partial charge in [-0.05, 0) is 38.0 Å². The van der Waals surface area contributed by atoms with Gasteiger partial charge in [-0.15, -0.1) is 0 Å². The van der Waals surface area contributed by atoms with Crippen LogP contribution in [0.2, 0.25) is 0 Å². The van der Waals surface area contributed by atoms with E-state index in [-0.39, 0.29) is 5.54 Å². The molecule has 0 radical (unpaired) electrons. The number of thioether (sulfide) groups is 1. The zero-order valence-corrected chi connectivity index (χ0v) is 11.6. The summed E-state index contributed by atoms with van der Waals surface area (Å²) in [5.74, 6) is 0.965. The van der Waals surface area contributed by atoms with Crippen molar-refractivity contribution in [3.63, 3.8) is 0 Å². The first-order valence-electron chi connectivity index (χ1n) is 6.72. The molecular formula is C13H24N2S. The number of nitrogens with one attached hydrogen (secondary N) is 1. The molecule has 2 rings (SSSR count). The maximum Gasteiger partial charge on any atom is 0.157 e. The van der Waals surface area contributed by atoms with Gasteiger partial charge in [-0.2, -0.15) is 0 Å². The summed E-state index contributed by atoms with van der Waals surface area (Å²) in [5, 5.41) is 5.70. The molecule has 92 valence electrons. The molecule has 1 saturated carbocycles. The maximum atomic E-state index is 4.68. The molecule has 1 aliphatic heterocycles. The van der Waals surface area contributed by atoms with Gasteiger partial charge < -0.3 is 5.32 Å². The quantitative estimate of drug-likeness (QED) is 0.796. The number of hydrogen-bond donors (Lipinski definition) is 1. The Balaban J connectivity index is 1.88. The number of nitrogens with zero attached hydrogens (tertiary/aromatic N) is 1. The van der Waals surface area contributed by atoms with Crippen LogP contribution in [0.4, 0.5) is 0 Å². The fourth-order valence-electron chi connectivity index (χ4n) is 2.42. The van der Waals surface area contributed by atoms with Gasteiger partial charge in [-0.1, -0.05) is 32.5 Å². The van der Waals surface area contributed by atoms with Gasteiger partial charge in [0.25, 0.3) is 0 Å². The standard InChI is InChI=1S/C13H24N2S/c1-4-13(5-2,6-3)15-12-14-9-11(16-12)10-7-8-10/h10-11H,4-9H2,1-3H3,(H,14,15). The van der Waals surface area contributed by atoms with E-state index in [1.54, 1.807) is 0 Å². The van der Waals surface area contributed by atoms with Crippen molar-refractivity contribution in [1.82, 2.24) is 5.32 Å². The molecule has 0 aromatic rings. The summed E-state index contributed by atoms with van der Waals surface area (Å²) < 4.78 is 0. The summed E-state index contributed by atoms with van der Waals surface area (Å²) in [6, 6.07) is 0. The number of amidine groups is 1. The minimum atomic E-state index is 0.282. The average Bonchev–Trinajstić information content (AvgIpc) is 3.08. The van der Waals surface area contributed by atoms with E-state index in [4.69, 9.17) is 0 Å². The van der Waals surface area contributed by atoms with Crippen molar-refractivity contribution < 1.29 is 0 Å². The van der Waals surface area contributed by atoms with Gasteiger partial charge >= 0.3 is 0 Å². The Morgan fingerprint density at radius 3 is 2.38 bits per heavy atom. The molecular weight excluding hydrogens is 216 g/mol. The minimum Gasteiger partial charge on any atom is -0.360 e. The van der Waals surface area contributed by atoms with Crippen LogP contribution in [0.5, 0.6) is 0 Å². The summed E-state index contributed by atoms with van der Waals surface area (Å²) >= 11 is 1.99. The van der Waals surface area contributed by atoms with Crippen LogP contribution < -0.4 is 5.32 Å². The second kappa shape index (κ2) is 4.99. The van der Waals surface area contributed by atoms with E-state index in [1.807, 2.05) is 11.8 Å². The van der Waals surface area contributed by atoms with E-state index >= 15 is 0 Å². The lowest BCUT2D eigenvalue weighted by Crippen LogP contribution is -2.45. The van der Waals surface area contributed by atoms with Crippen LogP contribution in [0.3, 0.4) is 0 Å². The fraction of sp³-hybridized carbons (Fsp3) is 0.923. The van der Waals surface area contributed by atoms with E-state index in [0.29, 0.717) is 0 Å². The third kappa shape index (κ3) is 2.55. The second-order valence-corrected chi connectivity index (χ2v) is 6.33. The predicted molar refractivity (Wildman–Crippen MR) is 73.1 cm³/mol. The Morgan fingerprint density at radius 2 is 1.88 bits per heavy atom. The first kappa shape index (κ1) is 12.3. The van der Waals surface area contributed by atoms with Crippen LogP contribution in [0.15, 0.2) is 4.99 Å². The largest absolute Gasteiger partial charge is 0.360 e. The summed E-state index contributed by atoms with van der Waals surface area (Å²) in [5.41, 5.74) is 0.282. The first-order valence-corrected chi connectivity index (χ1v) is 7.60. The summed E-state index contributed by atoms with van der Waals surface area (Å²) in [4.78, 5) is 4.68. The molecule has 3 heteroatoms. The SMILES string of the molecule is CCC(CC)(CC)NC1=NCC(C2CC2)S1. The summed E-state index contributed by atoms with van der Waals surface area (Å²) in [6.45, 7) is 7.88. The zero-order valence-electron chi connectivity index (χ0n) is 10.8. The molecule has 2 aliphatic rings. The predicted octanol–water partition coefficient (Wildman–Crippen LogP) is 3.43. The minimum absolute atomic E-state index is 0.282. The molecule has 0 amide bonds. The number of aliphatic imine (C=N–C) groups is 1. The molecule has 0 saturated heterocycles. The normalized spacial score (nSPS) is 25.7. The van der Waals surface area contributed by atoms with Crippen molar-refractivity contribution in [2.45, 2.75) is 63.7 Å². The Labute approximate surface area is 104 Å². The number of rotatable bonds is 5. The highest BCUT2D eigenvalue weighted by atomic mass is 32.2. The van der Waals surface area contributed by atoms with Gasteiger partial charge in [0.05, 0.1) is 6.54 Å². The monoisotopic (exact) mass is 240 g/mol. The second-order valence-electron chi connectivity index (χ2n) is 5.11. The Kier molecular flexibility index (Phi) is 3.83. The maximum absolute atomic E-state index is 4.68. The highest BCUT2D eigenvalue weighted by molar-refractivity contribution is 8.14. The highest BCUT2D eigenvalue weighted by Crippen LogP contribution is 2.42. The smallest absolute Gasteiger partial charge is 0.157 e. The Bertz CT molecular complexity index is 259. The molecule has 1 fully saturated rings. The van der Waals surface area contributed by atoms with Crippen molar-refractivity contribution in [1.29, 1.82) is 0 Å². The zero-order chi connectivity index (χ0) is 11.6. The third-order valence-electron chi connectivity index (χ3n) is 4.23. The van der Waals surface area contributed by atoms with Gasteiger partial charge in [-0.3, -0.25) is 4.99 Å². The van der Waals surface area contributed by atoms with E-state index < -0.39 is 0 Å². The van der Waals surface area contributed by atoms with Crippen LogP contribution in [0, 0.1) is 5.92 Å². The molecule has 0 spiro atoms. The van der Waals surface area contributed by atoms with E-state index in [2.05, 4.69) is 31.1 Å². The van der Waals surface area contributed by atoms with Crippen molar-refractivity contribution >= 4 is 16.9 Å². The Hall–Kier alpha value is -0.180. The van der Waals surface area contributed by atoms with E-state index in [1.165, 1.54) is 37.3 Å². The molecule has 1 atom stereocenters. The number of hydrogen-bond acceptors (Lipinski definition) is 3. The van der Waals surface area contributed by atoms with Gasteiger partial charge in [-0.25, -0.2) is 0 Å². The lowest BCUT2D eigenvalue weighted by molar-refractivity contribution is 0.342. The van der Waals surface area contributed by atoms with Gasteiger partial charge in [0, 0.05) is 10.8 Å². The van der Waals surface area contributed by atoms with E-state index in [0.717, 1.165) is 17.7 Å². The molecule has 0 bridgehead atoms. The van der Waals surface area contributed by atoms with E-state index in [9.17, 15) is 0 Å². The van der Waals surface area contributed by atoms with Crippen LogP contribution >= 0.6 is 11.8 Å². The van der Waals surface area contributed by atoms with Crippen molar-refractivity contribution in [3.05, 3.63) is 0 Å². The van der Waals surface area contributed by atoms with Crippen LogP contribution in [0.25, 0.3) is 0 Å². The summed E-state index contributed by atoms with van der Waals surface area (Å²) in [6.07, 6.45) is 6.43. The van der Waals surface area contributed by atoms with Crippen LogP contribution in [-0.4, -0.2) is 22.5 Å². The van der Waals surface area contributed by atoms with Crippen LogP contribution in [-0.2, 0) is 0 Å². The molecule has 0 aromatic heterocycles. The highest BCUT2D eigenvalue weighted by Gasteiger charge is 2.36. The van der Waals surface area contributed by atoms with Crippen LogP contribution in [0.1, 0.15) is 52.9 Å².